The molecule has 3 nitrogen and oxygen atoms in total. The van der Waals surface area contributed by atoms with E-state index in [0.29, 0.717) is 5.91 Å². The summed E-state index contributed by atoms with van der Waals surface area (Å²) in [7, 11) is 2.02. The first-order chi connectivity index (χ1) is 11.2. The predicted molar refractivity (Wildman–Crippen MR) is 92.4 cm³/mol. The number of amides is 1. The van der Waals surface area contributed by atoms with Crippen LogP contribution >= 0.6 is 0 Å². The molecule has 1 aromatic carbocycles. The lowest BCUT2D eigenvalue weighted by molar-refractivity contribution is -0.134. The van der Waals surface area contributed by atoms with E-state index in [1.165, 1.54) is 36.8 Å². The quantitative estimate of drug-likeness (QED) is 0.927. The molecule has 0 bridgehead atoms. The molecule has 0 aromatic heterocycles. The first-order valence-corrected chi connectivity index (χ1v) is 9.26. The number of piperidine rings is 1. The fourth-order valence-corrected chi connectivity index (χ4v) is 4.93. The van der Waals surface area contributed by atoms with Gasteiger partial charge in [0.1, 0.15) is 0 Å². The van der Waals surface area contributed by atoms with Crippen molar-refractivity contribution in [2.75, 3.05) is 26.7 Å². The third-order valence-electron chi connectivity index (χ3n) is 6.50. The lowest BCUT2D eigenvalue weighted by atomic mass is 9.92. The molecular formula is C20H28N2O. The van der Waals surface area contributed by atoms with Crippen molar-refractivity contribution >= 4 is 5.91 Å². The average Bonchev–Trinajstić information content (AvgIpc) is 3.22. The number of rotatable bonds is 4. The lowest BCUT2D eigenvalue weighted by Crippen LogP contribution is -2.40. The lowest BCUT2D eigenvalue weighted by Gasteiger charge is -2.32. The van der Waals surface area contributed by atoms with Gasteiger partial charge in [-0.2, -0.15) is 0 Å². The molecule has 3 aliphatic rings. The van der Waals surface area contributed by atoms with Gasteiger partial charge >= 0.3 is 0 Å². The summed E-state index contributed by atoms with van der Waals surface area (Å²) < 4.78 is 0. The Morgan fingerprint density at radius 2 is 2.09 bits per heavy atom. The van der Waals surface area contributed by atoms with E-state index in [9.17, 15) is 4.79 Å². The second-order valence-electron chi connectivity index (χ2n) is 7.73. The Labute approximate surface area is 139 Å². The van der Waals surface area contributed by atoms with Crippen molar-refractivity contribution in [2.45, 2.75) is 43.9 Å². The zero-order valence-electron chi connectivity index (χ0n) is 14.2. The highest BCUT2D eigenvalue weighted by Gasteiger charge is 2.62. The maximum Gasteiger partial charge on any atom is 0.226 e. The third kappa shape index (κ3) is 2.59. The number of likely N-dealkylation sites (tertiary alicyclic amines) is 1. The van der Waals surface area contributed by atoms with Gasteiger partial charge in [0.25, 0.3) is 0 Å². The molecule has 1 saturated heterocycles. The molecule has 2 aliphatic carbocycles. The van der Waals surface area contributed by atoms with E-state index < -0.39 is 0 Å². The Hall–Kier alpha value is -1.35. The molecule has 1 aliphatic heterocycles. The normalized spacial score (nSPS) is 29.8. The van der Waals surface area contributed by atoms with Crippen LogP contribution in [0.5, 0.6) is 0 Å². The van der Waals surface area contributed by atoms with Gasteiger partial charge in [-0.3, -0.25) is 4.79 Å². The number of benzene rings is 1. The monoisotopic (exact) mass is 312 g/mol. The SMILES string of the molecule is CNCCC1CCN(C(=O)C2CC23CCc2ccccc23)CC1. The van der Waals surface area contributed by atoms with E-state index in [4.69, 9.17) is 0 Å². The Balaban J connectivity index is 1.37. The summed E-state index contributed by atoms with van der Waals surface area (Å²) in [6, 6.07) is 8.78. The number of carbonyl (C=O) groups is 1. The standard InChI is InChI=1S/C20H28N2O/c1-21-11-7-15-8-12-22(13-9-15)19(23)18-14-20(18)10-6-16-4-2-3-5-17(16)20/h2-5,15,18,21H,6-14H2,1H3. The number of fused-ring (bicyclic) bond motifs is 2. The maximum absolute atomic E-state index is 13.0. The van der Waals surface area contributed by atoms with Crippen LogP contribution in [0.3, 0.4) is 0 Å². The molecule has 2 fully saturated rings. The van der Waals surface area contributed by atoms with Crippen LogP contribution in [0.25, 0.3) is 0 Å². The number of hydrogen-bond donors (Lipinski definition) is 1. The Morgan fingerprint density at radius 1 is 1.30 bits per heavy atom. The largest absolute Gasteiger partial charge is 0.342 e. The molecule has 1 aromatic rings. The molecule has 23 heavy (non-hydrogen) atoms. The molecule has 1 N–H and O–H groups in total. The van der Waals surface area contributed by atoms with Gasteiger partial charge < -0.3 is 10.2 Å². The summed E-state index contributed by atoms with van der Waals surface area (Å²) in [6.45, 7) is 3.05. The van der Waals surface area contributed by atoms with Crippen LogP contribution in [0.4, 0.5) is 0 Å². The fraction of sp³-hybridized carbons (Fsp3) is 0.650. The number of nitrogens with zero attached hydrogens (tertiary/aromatic N) is 1. The second-order valence-corrected chi connectivity index (χ2v) is 7.73. The van der Waals surface area contributed by atoms with Gasteiger partial charge in [-0.1, -0.05) is 24.3 Å². The average molecular weight is 312 g/mol. The van der Waals surface area contributed by atoms with Gasteiger partial charge in [-0.25, -0.2) is 0 Å². The van der Waals surface area contributed by atoms with Crippen LogP contribution in [0.15, 0.2) is 24.3 Å². The molecule has 4 rings (SSSR count). The molecule has 1 heterocycles. The van der Waals surface area contributed by atoms with Gasteiger partial charge in [0.05, 0.1) is 0 Å². The van der Waals surface area contributed by atoms with Crippen LogP contribution in [-0.2, 0) is 16.6 Å². The van der Waals surface area contributed by atoms with Gasteiger partial charge in [0, 0.05) is 24.4 Å². The summed E-state index contributed by atoms with van der Waals surface area (Å²) >= 11 is 0. The van der Waals surface area contributed by atoms with Gasteiger partial charge in [-0.05, 0) is 69.2 Å². The third-order valence-corrected chi connectivity index (χ3v) is 6.50. The minimum Gasteiger partial charge on any atom is -0.342 e. The highest BCUT2D eigenvalue weighted by atomic mass is 16.2. The summed E-state index contributed by atoms with van der Waals surface area (Å²) in [4.78, 5) is 15.1. The summed E-state index contributed by atoms with van der Waals surface area (Å²) in [6.07, 6.45) is 7.04. The number of carbonyl (C=O) groups excluding carboxylic acids is 1. The molecular weight excluding hydrogens is 284 g/mol. The molecule has 0 radical (unpaired) electrons. The van der Waals surface area contributed by atoms with E-state index >= 15 is 0 Å². The molecule has 2 atom stereocenters. The minimum atomic E-state index is 0.205. The molecule has 1 spiro atoms. The zero-order chi connectivity index (χ0) is 15.9. The smallest absolute Gasteiger partial charge is 0.226 e. The number of hydrogen-bond acceptors (Lipinski definition) is 2. The van der Waals surface area contributed by atoms with Crippen LogP contribution < -0.4 is 5.32 Å². The Bertz CT molecular complexity index is 591. The van der Waals surface area contributed by atoms with E-state index in [1.54, 1.807) is 0 Å². The zero-order valence-corrected chi connectivity index (χ0v) is 14.2. The Morgan fingerprint density at radius 3 is 2.87 bits per heavy atom. The first kappa shape index (κ1) is 15.2. The predicted octanol–water partition coefficient (Wildman–Crippen LogP) is 2.74. The van der Waals surface area contributed by atoms with Gasteiger partial charge in [0.2, 0.25) is 5.91 Å². The highest BCUT2D eigenvalue weighted by molar-refractivity contribution is 5.85. The van der Waals surface area contributed by atoms with Crippen molar-refractivity contribution in [3.63, 3.8) is 0 Å². The molecule has 124 valence electrons. The van der Waals surface area contributed by atoms with Crippen LogP contribution in [0.1, 0.15) is 43.2 Å². The number of aryl methyl sites for hydroxylation is 1. The topological polar surface area (TPSA) is 32.3 Å². The van der Waals surface area contributed by atoms with E-state index in [1.807, 2.05) is 7.05 Å². The summed E-state index contributed by atoms with van der Waals surface area (Å²) in [5.74, 6) is 1.50. The van der Waals surface area contributed by atoms with Crippen LogP contribution in [-0.4, -0.2) is 37.5 Å². The minimum absolute atomic E-state index is 0.205. The Kier molecular flexibility index (Phi) is 3.92. The van der Waals surface area contributed by atoms with E-state index in [-0.39, 0.29) is 11.3 Å². The second kappa shape index (κ2) is 5.94. The molecule has 1 saturated carbocycles. The molecule has 3 heteroatoms. The van der Waals surface area contributed by atoms with E-state index in [2.05, 4.69) is 34.5 Å². The van der Waals surface area contributed by atoms with E-state index in [0.717, 1.165) is 38.4 Å². The van der Waals surface area contributed by atoms with Crippen molar-refractivity contribution in [1.29, 1.82) is 0 Å². The van der Waals surface area contributed by atoms with Crippen LogP contribution in [0, 0.1) is 11.8 Å². The van der Waals surface area contributed by atoms with Crippen molar-refractivity contribution in [3.05, 3.63) is 35.4 Å². The summed E-state index contributed by atoms with van der Waals surface area (Å²) in [5.41, 5.74) is 3.16. The van der Waals surface area contributed by atoms with Crippen molar-refractivity contribution in [1.82, 2.24) is 10.2 Å². The fourth-order valence-electron chi connectivity index (χ4n) is 4.93. The maximum atomic E-state index is 13.0. The van der Waals surface area contributed by atoms with Crippen LogP contribution in [0.2, 0.25) is 0 Å². The molecule has 2 unspecified atom stereocenters. The van der Waals surface area contributed by atoms with Crippen molar-refractivity contribution in [3.8, 4) is 0 Å². The summed E-state index contributed by atoms with van der Waals surface area (Å²) in [5, 5.41) is 3.24. The van der Waals surface area contributed by atoms with Gasteiger partial charge in [0.15, 0.2) is 0 Å². The first-order valence-electron chi connectivity index (χ1n) is 9.26. The highest BCUT2D eigenvalue weighted by Crippen LogP contribution is 2.62. The molecule has 1 amide bonds. The van der Waals surface area contributed by atoms with Crippen molar-refractivity contribution < 1.29 is 4.79 Å². The number of nitrogens with one attached hydrogen (secondary N) is 1. The van der Waals surface area contributed by atoms with Crippen molar-refractivity contribution in [2.24, 2.45) is 11.8 Å². The van der Waals surface area contributed by atoms with Gasteiger partial charge in [-0.15, -0.1) is 0 Å².